The Morgan fingerprint density at radius 2 is 1.50 bits per heavy atom. The van der Waals surface area contributed by atoms with E-state index in [1.54, 1.807) is 41.8 Å². The Morgan fingerprint density at radius 1 is 0.870 bits per heavy atom. The number of nitrogen functional groups attached to an aromatic ring is 1. The van der Waals surface area contributed by atoms with Gasteiger partial charge in [-0.15, -0.1) is 0 Å². The minimum Gasteiger partial charge on any atom is -0.399 e. The van der Waals surface area contributed by atoms with Crippen LogP contribution in [0.25, 0.3) is 0 Å². The zero-order valence-corrected chi connectivity index (χ0v) is 27.1. The van der Waals surface area contributed by atoms with E-state index in [1.807, 2.05) is 79.7 Å². The molecule has 9 nitrogen and oxygen atoms in total. The summed E-state index contributed by atoms with van der Waals surface area (Å²) >= 11 is 0. The molecule has 0 aromatic heterocycles. The highest BCUT2D eigenvalue weighted by atomic mass is 32.2. The molecule has 0 heterocycles. The van der Waals surface area contributed by atoms with E-state index in [9.17, 15) is 18.6 Å². The van der Waals surface area contributed by atoms with Crippen molar-refractivity contribution < 1.29 is 18.6 Å². The van der Waals surface area contributed by atoms with Gasteiger partial charge >= 0.3 is 0 Å². The van der Waals surface area contributed by atoms with E-state index < -0.39 is 17.0 Å². The van der Waals surface area contributed by atoms with Crippen molar-refractivity contribution in [2.24, 2.45) is 0 Å². The summed E-state index contributed by atoms with van der Waals surface area (Å²) in [6, 6.07) is 30.3. The van der Waals surface area contributed by atoms with Crippen LogP contribution in [-0.4, -0.2) is 47.2 Å². The van der Waals surface area contributed by atoms with Crippen LogP contribution in [0.15, 0.2) is 103 Å². The SMILES string of the molecule is C[C@H](NC[C@H](Cc1ccccc1)NC(=O)c1cc(C=O)cc(N(Cc2ccccc2)S(C)=O)c1)C(=O)N[C@H](C)c1ccc(N)cc1. The highest BCUT2D eigenvalue weighted by Crippen LogP contribution is 2.23. The van der Waals surface area contributed by atoms with Gasteiger partial charge in [0.2, 0.25) is 5.91 Å². The molecule has 10 heteroatoms. The molecule has 1 unspecified atom stereocenters. The number of carbonyl (C=O) groups excluding carboxylic acids is 3. The van der Waals surface area contributed by atoms with Crippen molar-refractivity contribution in [3.05, 3.63) is 131 Å². The van der Waals surface area contributed by atoms with Crippen molar-refractivity contribution in [1.82, 2.24) is 16.0 Å². The monoisotopic (exact) mass is 639 g/mol. The zero-order chi connectivity index (χ0) is 33.1. The van der Waals surface area contributed by atoms with Gasteiger partial charge in [0.05, 0.1) is 24.3 Å². The molecule has 0 saturated carbocycles. The van der Waals surface area contributed by atoms with Gasteiger partial charge in [0, 0.05) is 35.7 Å². The number of amides is 2. The van der Waals surface area contributed by atoms with Gasteiger partial charge in [-0.2, -0.15) is 0 Å². The first-order valence-corrected chi connectivity index (χ1v) is 16.6. The molecule has 4 aromatic rings. The number of anilines is 2. The summed E-state index contributed by atoms with van der Waals surface area (Å²) in [6.45, 7) is 4.33. The number of aldehydes is 1. The Labute approximate surface area is 273 Å². The lowest BCUT2D eigenvalue weighted by atomic mass is 10.0. The molecule has 4 aromatic carbocycles. The molecular weight excluding hydrogens is 598 g/mol. The van der Waals surface area contributed by atoms with Crippen LogP contribution in [0.1, 0.15) is 57.3 Å². The highest BCUT2D eigenvalue weighted by molar-refractivity contribution is 7.85. The molecule has 0 radical (unpaired) electrons. The summed E-state index contributed by atoms with van der Waals surface area (Å²) in [5.74, 6) is -0.563. The van der Waals surface area contributed by atoms with Crippen LogP contribution in [0, 0.1) is 0 Å². The van der Waals surface area contributed by atoms with Gasteiger partial charge < -0.3 is 21.7 Å². The third-order valence-electron chi connectivity index (χ3n) is 7.62. The molecule has 4 rings (SSSR count). The van der Waals surface area contributed by atoms with E-state index in [-0.39, 0.29) is 29.5 Å². The van der Waals surface area contributed by atoms with Gasteiger partial charge in [0.25, 0.3) is 5.91 Å². The summed E-state index contributed by atoms with van der Waals surface area (Å²) in [5.41, 5.74) is 10.4. The van der Waals surface area contributed by atoms with Gasteiger partial charge in [0.1, 0.15) is 17.3 Å². The van der Waals surface area contributed by atoms with Crippen LogP contribution in [0.5, 0.6) is 0 Å². The smallest absolute Gasteiger partial charge is 0.251 e. The van der Waals surface area contributed by atoms with Crippen molar-refractivity contribution >= 4 is 40.5 Å². The number of nitrogens with zero attached hydrogens (tertiary/aromatic N) is 1. The van der Waals surface area contributed by atoms with E-state index in [0.29, 0.717) is 42.7 Å². The molecule has 0 spiro atoms. The van der Waals surface area contributed by atoms with E-state index in [4.69, 9.17) is 5.73 Å². The predicted molar refractivity (Wildman–Crippen MR) is 185 cm³/mol. The van der Waals surface area contributed by atoms with Crippen LogP contribution < -0.4 is 26.0 Å². The third kappa shape index (κ3) is 9.85. The maximum atomic E-state index is 13.7. The molecule has 240 valence electrons. The molecule has 4 atom stereocenters. The van der Waals surface area contributed by atoms with Crippen LogP contribution in [0.3, 0.4) is 0 Å². The lowest BCUT2D eigenvalue weighted by molar-refractivity contribution is -0.123. The number of nitrogens with one attached hydrogen (secondary N) is 3. The topological polar surface area (TPSA) is 134 Å². The molecule has 5 N–H and O–H groups in total. The van der Waals surface area contributed by atoms with Gasteiger partial charge in [-0.3, -0.25) is 18.7 Å². The molecule has 0 aliphatic rings. The third-order valence-corrected chi connectivity index (χ3v) is 8.59. The normalized spacial score (nSPS) is 13.5. The Bertz CT molecular complexity index is 1630. The largest absolute Gasteiger partial charge is 0.399 e. The Balaban J connectivity index is 1.49. The van der Waals surface area contributed by atoms with Crippen molar-refractivity contribution in [1.29, 1.82) is 0 Å². The number of rotatable bonds is 15. The van der Waals surface area contributed by atoms with Crippen molar-refractivity contribution in [2.75, 3.05) is 22.8 Å². The molecule has 2 amide bonds. The van der Waals surface area contributed by atoms with Crippen LogP contribution in [0.4, 0.5) is 11.4 Å². The Morgan fingerprint density at radius 3 is 2.11 bits per heavy atom. The van der Waals surface area contributed by atoms with E-state index >= 15 is 0 Å². The number of nitrogens with two attached hydrogens (primary N) is 1. The van der Waals surface area contributed by atoms with Crippen LogP contribution in [-0.2, 0) is 28.7 Å². The summed E-state index contributed by atoms with van der Waals surface area (Å²) < 4.78 is 14.4. The fraction of sp³-hybridized carbons (Fsp3) is 0.250. The predicted octanol–water partition coefficient (Wildman–Crippen LogP) is 4.58. The average molecular weight is 640 g/mol. The standard InChI is InChI=1S/C36H41N5O4S/c1-25(30-14-16-32(37)17-15-30)39-35(43)26(2)38-22-33(19-27-10-6-4-7-11-27)40-36(44)31-18-29(24-42)20-34(21-31)41(46(3)45)23-28-12-8-5-9-13-28/h4-18,20-21,24-26,33,38H,19,22-23,37H2,1-3H3,(H,39,43)(H,40,44)/t25-,26+,33+,46?/m1/s1. The summed E-state index contributed by atoms with van der Waals surface area (Å²) in [6.07, 6.45) is 2.75. The lowest BCUT2D eigenvalue weighted by Crippen LogP contribution is -2.49. The minimum absolute atomic E-state index is 0.177. The minimum atomic E-state index is -1.42. The summed E-state index contributed by atoms with van der Waals surface area (Å²) in [4.78, 5) is 38.6. The number of hydrogen-bond acceptors (Lipinski definition) is 6. The summed E-state index contributed by atoms with van der Waals surface area (Å²) in [5, 5.41) is 9.38. The molecule has 0 fully saturated rings. The molecule has 0 saturated heterocycles. The first kappa shape index (κ1) is 34.1. The molecule has 0 aliphatic heterocycles. The van der Waals surface area contributed by atoms with E-state index in [1.165, 1.54) is 6.07 Å². The molecule has 0 bridgehead atoms. The molecular formula is C36H41N5O4S. The number of benzene rings is 4. The first-order chi connectivity index (χ1) is 22.1. The van der Waals surface area contributed by atoms with Gasteiger partial charge in [0.15, 0.2) is 0 Å². The highest BCUT2D eigenvalue weighted by Gasteiger charge is 2.21. The van der Waals surface area contributed by atoms with E-state index in [0.717, 1.165) is 16.7 Å². The van der Waals surface area contributed by atoms with Crippen molar-refractivity contribution in [3.63, 3.8) is 0 Å². The van der Waals surface area contributed by atoms with Crippen molar-refractivity contribution in [2.45, 2.75) is 44.9 Å². The molecule has 46 heavy (non-hydrogen) atoms. The summed E-state index contributed by atoms with van der Waals surface area (Å²) in [7, 11) is -1.42. The first-order valence-electron chi connectivity index (χ1n) is 15.1. The van der Waals surface area contributed by atoms with Crippen LogP contribution in [0.2, 0.25) is 0 Å². The van der Waals surface area contributed by atoms with Gasteiger partial charge in [-0.1, -0.05) is 72.8 Å². The number of carbonyl (C=O) groups is 3. The van der Waals surface area contributed by atoms with E-state index in [2.05, 4.69) is 16.0 Å². The van der Waals surface area contributed by atoms with Gasteiger partial charge in [-0.05, 0) is 67.3 Å². The second kappa shape index (κ2) is 16.5. The Hall–Kier alpha value is -4.80. The van der Waals surface area contributed by atoms with Crippen molar-refractivity contribution in [3.8, 4) is 0 Å². The van der Waals surface area contributed by atoms with Gasteiger partial charge in [-0.25, -0.2) is 4.21 Å². The average Bonchev–Trinajstić information content (AvgIpc) is 3.06. The maximum Gasteiger partial charge on any atom is 0.251 e. The fourth-order valence-electron chi connectivity index (χ4n) is 5.02. The lowest BCUT2D eigenvalue weighted by Gasteiger charge is -2.25. The Kier molecular flexibility index (Phi) is 12.2. The second-order valence-electron chi connectivity index (χ2n) is 11.3. The van der Waals surface area contributed by atoms with Crippen LogP contribution >= 0.6 is 0 Å². The second-order valence-corrected chi connectivity index (χ2v) is 12.6. The fourth-order valence-corrected chi connectivity index (χ4v) is 5.75. The number of hydrogen-bond donors (Lipinski definition) is 4. The zero-order valence-electron chi connectivity index (χ0n) is 26.3. The quantitative estimate of drug-likeness (QED) is 0.111. The maximum absolute atomic E-state index is 13.7. The molecule has 0 aliphatic carbocycles.